The van der Waals surface area contributed by atoms with E-state index in [9.17, 15) is 14.4 Å². The van der Waals surface area contributed by atoms with E-state index in [0.717, 1.165) is 17.3 Å². The first-order chi connectivity index (χ1) is 10.0. The zero-order valence-electron chi connectivity index (χ0n) is 12.0. The van der Waals surface area contributed by atoms with Gasteiger partial charge in [-0.05, 0) is 19.1 Å². The Labute approximate surface area is 127 Å². The Hall–Kier alpha value is -2.02. The van der Waals surface area contributed by atoms with Crippen molar-refractivity contribution < 1.29 is 19.1 Å². The van der Waals surface area contributed by atoms with Crippen LogP contribution in [0.15, 0.2) is 24.3 Å². The summed E-state index contributed by atoms with van der Waals surface area (Å²) in [5.74, 6) is -0.915. The Balaban J connectivity index is 2.20. The molecule has 21 heavy (non-hydrogen) atoms. The van der Waals surface area contributed by atoms with Crippen molar-refractivity contribution in [2.75, 3.05) is 30.5 Å². The number of hydrogen-bond acceptors (Lipinski definition) is 5. The lowest BCUT2D eigenvalue weighted by molar-refractivity contribution is -0.145. The number of carbonyl (C=O) groups excluding carboxylic acids is 3. The third-order valence-electron chi connectivity index (χ3n) is 2.43. The molecule has 0 aromatic heterocycles. The van der Waals surface area contributed by atoms with Crippen molar-refractivity contribution in [3.05, 3.63) is 29.8 Å². The zero-order valence-corrected chi connectivity index (χ0v) is 12.8. The normalized spacial score (nSPS) is 9.81. The molecule has 6 nitrogen and oxygen atoms in total. The van der Waals surface area contributed by atoms with Crippen LogP contribution in [0.5, 0.6) is 0 Å². The van der Waals surface area contributed by atoms with Crippen molar-refractivity contribution in [1.29, 1.82) is 0 Å². The van der Waals surface area contributed by atoms with Gasteiger partial charge in [-0.25, -0.2) is 0 Å². The van der Waals surface area contributed by atoms with E-state index in [-0.39, 0.29) is 29.9 Å². The van der Waals surface area contributed by atoms with Gasteiger partial charge in [0.05, 0.1) is 11.5 Å². The number of aryl methyl sites for hydroxylation is 1. The highest BCUT2D eigenvalue weighted by atomic mass is 32.2. The summed E-state index contributed by atoms with van der Waals surface area (Å²) in [6.07, 6.45) is 0. The van der Waals surface area contributed by atoms with Gasteiger partial charge >= 0.3 is 5.97 Å². The van der Waals surface area contributed by atoms with E-state index < -0.39 is 5.97 Å². The van der Waals surface area contributed by atoms with E-state index in [2.05, 4.69) is 10.6 Å². The lowest BCUT2D eigenvalue weighted by Gasteiger charge is -2.06. The minimum absolute atomic E-state index is 0.0261. The first-order valence-electron chi connectivity index (χ1n) is 6.31. The molecule has 114 valence electrons. The topological polar surface area (TPSA) is 84.5 Å². The second kappa shape index (κ2) is 9.02. The third kappa shape index (κ3) is 7.36. The summed E-state index contributed by atoms with van der Waals surface area (Å²) in [6, 6.07) is 7.43. The van der Waals surface area contributed by atoms with Gasteiger partial charge in [0.1, 0.15) is 0 Å². The fraction of sp³-hybridized carbons (Fsp3) is 0.357. The number of carbonyl (C=O) groups is 3. The molecule has 1 aromatic carbocycles. The third-order valence-corrected chi connectivity index (χ3v) is 3.34. The van der Waals surface area contributed by atoms with Crippen molar-refractivity contribution in [1.82, 2.24) is 5.32 Å². The lowest BCUT2D eigenvalue weighted by Crippen LogP contribution is -2.25. The van der Waals surface area contributed by atoms with Crippen LogP contribution in [0.4, 0.5) is 5.69 Å². The van der Waals surface area contributed by atoms with Crippen LogP contribution in [-0.4, -0.2) is 42.9 Å². The van der Waals surface area contributed by atoms with E-state index in [0.29, 0.717) is 5.69 Å². The van der Waals surface area contributed by atoms with Gasteiger partial charge in [-0.3, -0.25) is 14.4 Å². The largest absolute Gasteiger partial charge is 0.455 e. The number of esters is 1. The summed E-state index contributed by atoms with van der Waals surface area (Å²) in [7, 11) is 1.46. The second-order valence-corrected chi connectivity index (χ2v) is 5.23. The highest BCUT2D eigenvalue weighted by Crippen LogP contribution is 2.09. The number of nitrogens with one attached hydrogen (secondary N) is 2. The molecule has 0 saturated heterocycles. The fourth-order valence-electron chi connectivity index (χ4n) is 1.32. The number of anilines is 1. The monoisotopic (exact) mass is 310 g/mol. The number of rotatable bonds is 7. The molecule has 0 heterocycles. The molecule has 2 N–H and O–H groups in total. The standard InChI is InChI=1S/C14H18N2O4S/c1-10-3-5-11(6-4-10)16-13(18)8-21-9-14(19)20-7-12(17)15-2/h3-6H,7-9H2,1-2H3,(H,15,17)(H,16,18). The molecule has 1 rings (SSSR count). The van der Waals surface area contributed by atoms with E-state index >= 15 is 0 Å². The molecule has 0 radical (unpaired) electrons. The number of likely N-dealkylation sites (N-methyl/N-ethyl adjacent to an activating group) is 1. The van der Waals surface area contributed by atoms with Gasteiger partial charge in [-0.15, -0.1) is 11.8 Å². The van der Waals surface area contributed by atoms with Crippen molar-refractivity contribution in [2.45, 2.75) is 6.92 Å². The summed E-state index contributed by atoms with van der Waals surface area (Å²) in [6.45, 7) is 1.66. The number of hydrogen-bond donors (Lipinski definition) is 2. The highest BCUT2D eigenvalue weighted by Gasteiger charge is 2.08. The van der Waals surface area contributed by atoms with E-state index in [4.69, 9.17) is 4.74 Å². The van der Waals surface area contributed by atoms with E-state index in [1.54, 1.807) is 0 Å². The maximum absolute atomic E-state index is 11.6. The molecule has 2 amide bonds. The molecule has 7 heteroatoms. The predicted octanol–water partition coefficient (Wildman–Crippen LogP) is 0.956. The average Bonchev–Trinajstić information content (AvgIpc) is 2.47. The molecular weight excluding hydrogens is 292 g/mol. The van der Waals surface area contributed by atoms with Crippen LogP contribution in [0.1, 0.15) is 5.56 Å². The summed E-state index contributed by atoms with van der Waals surface area (Å²) < 4.78 is 4.70. The van der Waals surface area contributed by atoms with Crippen LogP contribution in [0.3, 0.4) is 0 Å². The van der Waals surface area contributed by atoms with Crippen molar-refractivity contribution >= 4 is 35.2 Å². The van der Waals surface area contributed by atoms with Crippen molar-refractivity contribution in [2.24, 2.45) is 0 Å². The number of amides is 2. The van der Waals surface area contributed by atoms with Gasteiger partial charge < -0.3 is 15.4 Å². The summed E-state index contributed by atoms with van der Waals surface area (Å²) >= 11 is 1.13. The van der Waals surface area contributed by atoms with Crippen LogP contribution in [0.25, 0.3) is 0 Å². The summed E-state index contributed by atoms with van der Waals surface area (Å²) in [5, 5.41) is 5.07. The van der Waals surface area contributed by atoms with Gasteiger partial charge in [0.15, 0.2) is 6.61 Å². The minimum atomic E-state index is -0.522. The molecule has 0 aliphatic rings. The predicted molar refractivity (Wildman–Crippen MR) is 82.2 cm³/mol. The Morgan fingerprint density at radius 2 is 1.76 bits per heavy atom. The van der Waals surface area contributed by atoms with Crippen LogP contribution < -0.4 is 10.6 Å². The average molecular weight is 310 g/mol. The van der Waals surface area contributed by atoms with Gasteiger partial charge in [-0.2, -0.15) is 0 Å². The number of ether oxygens (including phenoxy) is 1. The molecule has 0 spiro atoms. The Kier molecular flexibility index (Phi) is 7.31. The maximum Gasteiger partial charge on any atom is 0.316 e. The molecule has 0 atom stereocenters. The minimum Gasteiger partial charge on any atom is -0.455 e. The molecule has 0 aliphatic carbocycles. The smallest absolute Gasteiger partial charge is 0.316 e. The van der Waals surface area contributed by atoms with Crippen LogP contribution in [0, 0.1) is 6.92 Å². The fourth-order valence-corrected chi connectivity index (χ4v) is 1.93. The Morgan fingerprint density at radius 3 is 2.38 bits per heavy atom. The number of thioether (sulfide) groups is 1. The summed E-state index contributed by atoms with van der Waals surface area (Å²) in [5.41, 5.74) is 1.83. The Morgan fingerprint density at radius 1 is 1.10 bits per heavy atom. The van der Waals surface area contributed by atoms with Crippen LogP contribution in [0.2, 0.25) is 0 Å². The van der Waals surface area contributed by atoms with Gasteiger partial charge in [0, 0.05) is 12.7 Å². The van der Waals surface area contributed by atoms with E-state index in [1.165, 1.54) is 7.05 Å². The lowest BCUT2D eigenvalue weighted by atomic mass is 10.2. The van der Waals surface area contributed by atoms with Crippen LogP contribution in [-0.2, 0) is 19.1 Å². The maximum atomic E-state index is 11.6. The van der Waals surface area contributed by atoms with Gasteiger partial charge in [-0.1, -0.05) is 17.7 Å². The van der Waals surface area contributed by atoms with Gasteiger partial charge in [0.2, 0.25) is 5.91 Å². The molecule has 0 unspecified atom stereocenters. The summed E-state index contributed by atoms with van der Waals surface area (Å²) in [4.78, 5) is 33.8. The molecule has 0 aliphatic heterocycles. The molecular formula is C14H18N2O4S. The quantitative estimate of drug-likeness (QED) is 0.733. The van der Waals surface area contributed by atoms with Crippen molar-refractivity contribution in [3.63, 3.8) is 0 Å². The Bertz CT molecular complexity index is 502. The van der Waals surface area contributed by atoms with E-state index in [1.807, 2.05) is 31.2 Å². The first kappa shape index (κ1) is 17.0. The van der Waals surface area contributed by atoms with Gasteiger partial charge in [0.25, 0.3) is 5.91 Å². The molecule has 0 saturated carbocycles. The zero-order chi connectivity index (χ0) is 15.7. The van der Waals surface area contributed by atoms with Crippen molar-refractivity contribution in [3.8, 4) is 0 Å². The molecule has 1 aromatic rings. The second-order valence-electron chi connectivity index (χ2n) is 4.24. The van der Waals surface area contributed by atoms with Crippen LogP contribution >= 0.6 is 11.8 Å². The number of benzene rings is 1. The highest BCUT2D eigenvalue weighted by molar-refractivity contribution is 8.00. The molecule has 0 bridgehead atoms. The SMILES string of the molecule is CNC(=O)COC(=O)CSCC(=O)Nc1ccc(C)cc1. The first-order valence-corrected chi connectivity index (χ1v) is 7.47. The molecule has 0 fully saturated rings.